The highest BCUT2D eigenvalue weighted by Gasteiger charge is 2.30. The van der Waals surface area contributed by atoms with Gasteiger partial charge in [0.2, 0.25) is 0 Å². The van der Waals surface area contributed by atoms with E-state index in [1.54, 1.807) is 29.2 Å². The zero-order valence-electron chi connectivity index (χ0n) is 17.5. The molecule has 2 aromatic carbocycles. The van der Waals surface area contributed by atoms with Crippen LogP contribution in [0.4, 0.5) is 23.2 Å². The summed E-state index contributed by atoms with van der Waals surface area (Å²) in [7, 11) is 0. The van der Waals surface area contributed by atoms with Crippen molar-refractivity contribution < 1.29 is 26.8 Å². The van der Waals surface area contributed by atoms with Crippen molar-refractivity contribution in [3.8, 4) is 11.3 Å². The molecule has 1 saturated heterocycles. The van der Waals surface area contributed by atoms with Crippen LogP contribution in [-0.2, 0) is 0 Å². The van der Waals surface area contributed by atoms with Gasteiger partial charge in [-0.25, -0.2) is 17.6 Å². The maximum atomic E-state index is 14.2. The number of hydrogen-bond donors (Lipinski definition) is 1. The first-order valence-corrected chi connectivity index (χ1v) is 11.5. The largest absolute Gasteiger partial charge is 0.451 e. The van der Waals surface area contributed by atoms with Crippen molar-refractivity contribution in [1.29, 1.82) is 0 Å². The molecule has 3 aromatic rings. The Morgan fingerprint density at radius 2 is 1.51 bits per heavy atom. The third-order valence-electron chi connectivity index (χ3n) is 5.34. The van der Waals surface area contributed by atoms with Crippen LogP contribution in [0.1, 0.15) is 10.6 Å². The molecule has 0 unspecified atom stereocenters. The molecule has 1 aromatic heterocycles. The van der Waals surface area contributed by atoms with Gasteiger partial charge in [-0.05, 0) is 36.5 Å². The van der Waals surface area contributed by atoms with E-state index in [1.807, 2.05) is 0 Å². The Labute approximate surface area is 217 Å². The number of amides is 1. The summed E-state index contributed by atoms with van der Waals surface area (Å²) in [5.41, 5.74) is -0.340. The van der Waals surface area contributed by atoms with Gasteiger partial charge in [0.05, 0.1) is 10.0 Å². The predicted molar refractivity (Wildman–Crippen MR) is 129 cm³/mol. The van der Waals surface area contributed by atoms with Gasteiger partial charge in [-0.1, -0.05) is 40.9 Å². The molecule has 4 rings (SSSR count). The summed E-state index contributed by atoms with van der Waals surface area (Å²) < 4.78 is 61.7. The number of anilines is 1. The summed E-state index contributed by atoms with van der Waals surface area (Å²) in [6.07, 6.45) is 0. The Bertz CT molecular complexity index is 1300. The minimum absolute atomic E-state index is 0.0253. The third kappa shape index (κ3) is 4.93. The molecule has 0 bridgehead atoms. The van der Waals surface area contributed by atoms with Gasteiger partial charge < -0.3 is 14.2 Å². The van der Waals surface area contributed by atoms with Crippen LogP contribution in [0.3, 0.4) is 0 Å². The summed E-state index contributed by atoms with van der Waals surface area (Å²) in [5, 5.41) is 1.92. The second-order valence-corrected chi connectivity index (χ2v) is 8.97. The standard InChI is InChI=1S/C22H14Cl3F4N3O2S/c23-11-3-1-2-10(14(11)24)12-4-5-13(34-12)21(33)30-22(35)32-8-6-31(7-9-32)20-18(28)16(26)15(25)17(27)19(20)29/h1-5H,6-9H2,(H,30,33,35). The highest BCUT2D eigenvalue weighted by atomic mass is 35.5. The van der Waals surface area contributed by atoms with Crippen molar-refractivity contribution in [2.75, 3.05) is 31.1 Å². The van der Waals surface area contributed by atoms with Crippen LogP contribution in [0.15, 0.2) is 34.7 Å². The maximum Gasteiger partial charge on any atom is 0.293 e. The molecule has 1 aliphatic heterocycles. The van der Waals surface area contributed by atoms with Gasteiger partial charge in [0, 0.05) is 31.7 Å². The predicted octanol–water partition coefficient (Wildman–Crippen LogP) is 6.30. The lowest BCUT2D eigenvalue weighted by Crippen LogP contribution is -2.53. The van der Waals surface area contributed by atoms with E-state index in [0.717, 1.165) is 4.90 Å². The number of nitrogens with zero attached hydrogens (tertiary/aromatic N) is 2. The number of thiocarbonyl (C=S) groups is 1. The fraction of sp³-hybridized carbons (Fsp3) is 0.182. The van der Waals surface area contributed by atoms with Gasteiger partial charge >= 0.3 is 0 Å². The Balaban J connectivity index is 1.40. The Morgan fingerprint density at radius 3 is 2.14 bits per heavy atom. The normalized spacial score (nSPS) is 13.8. The molecule has 1 fully saturated rings. The SMILES string of the molecule is O=C(NC(=S)N1CCN(c2c(F)c(F)c(Cl)c(F)c2F)CC1)c1ccc(-c2cccc(Cl)c2Cl)o1. The molecule has 0 spiro atoms. The molecule has 0 atom stereocenters. The summed E-state index contributed by atoms with van der Waals surface area (Å²) in [6, 6.07) is 7.98. The molecule has 5 nitrogen and oxygen atoms in total. The smallest absolute Gasteiger partial charge is 0.293 e. The molecular weight excluding hydrogens is 553 g/mol. The fourth-order valence-electron chi connectivity index (χ4n) is 3.54. The zero-order chi connectivity index (χ0) is 25.4. The second-order valence-electron chi connectivity index (χ2n) is 7.42. The van der Waals surface area contributed by atoms with Gasteiger partial charge in [0.15, 0.2) is 34.1 Å². The van der Waals surface area contributed by atoms with Gasteiger partial charge in [0.25, 0.3) is 5.91 Å². The molecule has 2 heterocycles. The van der Waals surface area contributed by atoms with Crippen LogP contribution in [0.25, 0.3) is 11.3 Å². The Kier molecular flexibility index (Phi) is 7.46. The highest BCUT2D eigenvalue weighted by molar-refractivity contribution is 7.80. The van der Waals surface area contributed by atoms with Gasteiger partial charge in [-0.3, -0.25) is 10.1 Å². The van der Waals surface area contributed by atoms with Crippen molar-refractivity contribution in [2.24, 2.45) is 0 Å². The lowest BCUT2D eigenvalue weighted by Gasteiger charge is -2.37. The third-order valence-corrected chi connectivity index (χ3v) is 6.85. The summed E-state index contributed by atoms with van der Waals surface area (Å²) in [5.74, 6) is -6.81. The molecular formula is C22H14Cl3F4N3O2S. The van der Waals surface area contributed by atoms with Crippen LogP contribution in [0.2, 0.25) is 15.1 Å². The topological polar surface area (TPSA) is 48.7 Å². The van der Waals surface area contributed by atoms with Crippen molar-refractivity contribution in [3.63, 3.8) is 0 Å². The molecule has 13 heteroatoms. The number of halogens is 7. The van der Waals surface area contributed by atoms with Crippen molar-refractivity contribution in [2.45, 2.75) is 0 Å². The quantitative estimate of drug-likeness (QED) is 0.175. The first-order chi connectivity index (χ1) is 16.6. The number of hydrogen-bond acceptors (Lipinski definition) is 4. The molecule has 0 aliphatic carbocycles. The fourth-order valence-corrected chi connectivity index (χ4v) is 4.38. The molecule has 1 amide bonds. The molecule has 1 aliphatic rings. The van der Waals surface area contributed by atoms with Crippen molar-refractivity contribution in [1.82, 2.24) is 10.2 Å². The van der Waals surface area contributed by atoms with E-state index in [2.05, 4.69) is 5.32 Å². The number of benzene rings is 2. The van der Waals surface area contributed by atoms with Gasteiger partial charge in [-0.2, -0.15) is 0 Å². The average molecular weight is 567 g/mol. The van der Waals surface area contributed by atoms with Crippen LogP contribution in [-0.4, -0.2) is 42.1 Å². The van der Waals surface area contributed by atoms with Crippen LogP contribution >= 0.6 is 47.0 Å². The van der Waals surface area contributed by atoms with E-state index in [1.165, 1.54) is 6.07 Å². The van der Waals surface area contributed by atoms with Gasteiger partial charge in [-0.15, -0.1) is 0 Å². The van der Waals surface area contributed by atoms with E-state index in [4.69, 9.17) is 51.4 Å². The Hall–Kier alpha value is -2.53. The number of carbonyl (C=O) groups is 1. The highest BCUT2D eigenvalue weighted by Crippen LogP contribution is 2.35. The molecule has 1 N–H and O–H groups in total. The lowest BCUT2D eigenvalue weighted by atomic mass is 10.2. The first kappa shape index (κ1) is 25.6. The zero-order valence-corrected chi connectivity index (χ0v) is 20.6. The number of rotatable bonds is 3. The van der Waals surface area contributed by atoms with Crippen LogP contribution in [0.5, 0.6) is 0 Å². The van der Waals surface area contributed by atoms with Gasteiger partial charge in [0.1, 0.15) is 16.5 Å². The van der Waals surface area contributed by atoms with E-state index < -0.39 is 39.9 Å². The molecule has 0 saturated carbocycles. The van der Waals surface area contributed by atoms with Crippen molar-refractivity contribution in [3.05, 3.63) is 74.4 Å². The monoisotopic (exact) mass is 565 g/mol. The molecule has 0 radical (unpaired) electrons. The summed E-state index contributed by atoms with van der Waals surface area (Å²) in [4.78, 5) is 15.3. The minimum Gasteiger partial charge on any atom is -0.451 e. The summed E-state index contributed by atoms with van der Waals surface area (Å²) in [6.45, 7) is 0.182. The number of piperazine rings is 1. The van der Waals surface area contributed by atoms with Crippen molar-refractivity contribution >= 4 is 63.7 Å². The van der Waals surface area contributed by atoms with E-state index in [0.29, 0.717) is 16.3 Å². The van der Waals surface area contributed by atoms with E-state index >= 15 is 0 Å². The molecule has 35 heavy (non-hydrogen) atoms. The average Bonchev–Trinajstić information content (AvgIpc) is 3.34. The van der Waals surface area contributed by atoms with E-state index in [-0.39, 0.29) is 42.1 Å². The lowest BCUT2D eigenvalue weighted by molar-refractivity contribution is 0.0946. The Morgan fingerprint density at radius 1 is 0.886 bits per heavy atom. The second kappa shape index (κ2) is 10.2. The summed E-state index contributed by atoms with van der Waals surface area (Å²) >= 11 is 22.7. The maximum absolute atomic E-state index is 14.2. The van der Waals surface area contributed by atoms with Crippen LogP contribution < -0.4 is 10.2 Å². The number of furan rings is 1. The first-order valence-electron chi connectivity index (χ1n) is 10.0. The number of carbonyl (C=O) groups excluding carboxylic acids is 1. The minimum atomic E-state index is -1.66. The molecule has 184 valence electrons. The number of nitrogens with one attached hydrogen (secondary N) is 1. The van der Waals surface area contributed by atoms with E-state index in [9.17, 15) is 22.4 Å². The van der Waals surface area contributed by atoms with Crippen LogP contribution in [0, 0.1) is 23.3 Å².